The van der Waals surface area contributed by atoms with Crippen LogP contribution in [0.2, 0.25) is 0 Å². The summed E-state index contributed by atoms with van der Waals surface area (Å²) >= 11 is 4.19. The second-order valence-corrected chi connectivity index (χ2v) is 12.5. The smallest absolute Gasteiger partial charge is 0.343 e. The number of nitrogens with two attached hydrogens (primary N) is 1. The van der Waals surface area contributed by atoms with Gasteiger partial charge in [-0.1, -0.05) is 35.3 Å². The highest BCUT2D eigenvalue weighted by molar-refractivity contribution is 8.39. The first-order chi connectivity index (χ1) is 17.0. The molecule has 36 heavy (non-hydrogen) atoms. The van der Waals surface area contributed by atoms with E-state index in [1.165, 1.54) is 35.3 Å². The van der Waals surface area contributed by atoms with Gasteiger partial charge in [0.15, 0.2) is 5.78 Å². The van der Waals surface area contributed by atoms with Crippen molar-refractivity contribution in [3.8, 4) is 0 Å². The van der Waals surface area contributed by atoms with Gasteiger partial charge in [0.1, 0.15) is 10.2 Å². The number of Topliss-reactive ketones (excluding diaryl/α,β-unsaturated/α-hetero) is 1. The standard InChI is InChI=1S/C18H18N6O8S4/c1-24-17(21-22-23-24)34-4-5-3-33-10-7(6(5)13(28)29)9(25)18(10,32-2)20-12(27)16-35-15(36-16)8(11(19)26)14(30)31/h7,10,16H,3-4H2,1-2H3,(H2,19,26)(H,20,27)(H,28,29)(H,30,31)/t7-,10+,16?,18+/m0/s1. The van der Waals surface area contributed by atoms with Crippen molar-refractivity contribution in [1.29, 1.82) is 0 Å². The summed E-state index contributed by atoms with van der Waals surface area (Å²) in [7, 11) is 2.90. The van der Waals surface area contributed by atoms with E-state index in [1.807, 2.05) is 0 Å². The zero-order valence-corrected chi connectivity index (χ0v) is 21.8. The molecule has 5 N–H and O–H groups in total. The first kappa shape index (κ1) is 26.5. The lowest BCUT2D eigenvalue weighted by atomic mass is 9.68. The fourth-order valence-electron chi connectivity index (χ4n) is 3.89. The van der Waals surface area contributed by atoms with E-state index in [4.69, 9.17) is 15.6 Å². The quantitative estimate of drug-likeness (QED) is 0.0918. The Morgan fingerprint density at radius 3 is 2.53 bits per heavy atom. The van der Waals surface area contributed by atoms with Crippen molar-refractivity contribution in [3.63, 3.8) is 0 Å². The number of nitrogens with zero attached hydrogens (tertiary/aromatic N) is 4. The number of hydrogen-bond acceptors (Lipinski definition) is 13. The minimum atomic E-state index is -1.74. The fourth-order valence-corrected chi connectivity index (χ4v) is 8.71. The van der Waals surface area contributed by atoms with Crippen LogP contribution >= 0.6 is 47.0 Å². The van der Waals surface area contributed by atoms with Crippen LogP contribution in [0, 0.1) is 5.92 Å². The Balaban J connectivity index is 1.49. The summed E-state index contributed by atoms with van der Waals surface area (Å²) in [5.74, 6) is -5.51. The van der Waals surface area contributed by atoms with Crippen LogP contribution in [0.3, 0.4) is 0 Å². The van der Waals surface area contributed by atoms with Gasteiger partial charge in [0.2, 0.25) is 16.8 Å². The van der Waals surface area contributed by atoms with Crippen LogP contribution in [-0.2, 0) is 35.8 Å². The van der Waals surface area contributed by atoms with Crippen molar-refractivity contribution in [1.82, 2.24) is 25.5 Å². The first-order valence-electron chi connectivity index (χ1n) is 9.96. The third-order valence-electron chi connectivity index (χ3n) is 5.61. The fraction of sp³-hybridized carbons (Fsp3) is 0.444. The average molecular weight is 575 g/mol. The number of primary amides is 1. The molecule has 3 heterocycles. The number of ether oxygens (including phenoxy) is 1. The average Bonchev–Trinajstić information content (AvgIpc) is 3.20. The number of carboxylic acid groups (broad SMARTS) is 2. The topological polar surface area (TPSA) is 217 Å². The third-order valence-corrected chi connectivity index (χ3v) is 11.0. The molecule has 0 aromatic carbocycles. The molecule has 192 valence electrons. The van der Waals surface area contributed by atoms with E-state index in [1.54, 1.807) is 7.05 Å². The number of carbonyl (C=O) groups excluding carboxylic acids is 3. The van der Waals surface area contributed by atoms with Crippen LogP contribution in [0.1, 0.15) is 0 Å². The van der Waals surface area contributed by atoms with E-state index in [-0.39, 0.29) is 21.3 Å². The van der Waals surface area contributed by atoms with Gasteiger partial charge in [-0.2, -0.15) is 0 Å². The van der Waals surface area contributed by atoms with Gasteiger partial charge in [0, 0.05) is 31.2 Å². The maximum Gasteiger partial charge on any atom is 0.343 e. The predicted molar refractivity (Wildman–Crippen MR) is 130 cm³/mol. The number of aliphatic carboxylic acids is 2. The van der Waals surface area contributed by atoms with Crippen molar-refractivity contribution < 1.29 is 38.9 Å². The Hall–Kier alpha value is -2.54. The summed E-state index contributed by atoms with van der Waals surface area (Å²) in [6.45, 7) is 0. The number of fused-ring (bicyclic) bond motifs is 1. The van der Waals surface area contributed by atoms with Gasteiger partial charge in [0.05, 0.1) is 15.4 Å². The molecule has 4 rings (SSSR count). The molecule has 1 aromatic rings. The van der Waals surface area contributed by atoms with Crippen LogP contribution in [0.4, 0.5) is 0 Å². The highest BCUT2D eigenvalue weighted by Crippen LogP contribution is 2.55. The lowest BCUT2D eigenvalue weighted by Gasteiger charge is -2.54. The molecule has 1 saturated heterocycles. The molecule has 1 saturated carbocycles. The van der Waals surface area contributed by atoms with Crippen molar-refractivity contribution >= 4 is 76.6 Å². The van der Waals surface area contributed by atoms with Gasteiger partial charge >= 0.3 is 11.9 Å². The first-order valence-corrected chi connectivity index (χ1v) is 13.7. The molecule has 1 aromatic heterocycles. The zero-order valence-electron chi connectivity index (χ0n) is 18.5. The number of hydrogen-bond donors (Lipinski definition) is 4. The molecule has 2 fully saturated rings. The normalized spacial score (nSPS) is 27.0. The lowest BCUT2D eigenvalue weighted by molar-refractivity contribution is -0.171. The number of rotatable bonds is 9. The summed E-state index contributed by atoms with van der Waals surface area (Å²) in [6.07, 6.45) is 0. The van der Waals surface area contributed by atoms with Crippen LogP contribution < -0.4 is 11.1 Å². The highest BCUT2D eigenvalue weighted by atomic mass is 32.3. The van der Waals surface area contributed by atoms with Crippen LogP contribution in [0.5, 0.6) is 0 Å². The monoisotopic (exact) mass is 574 g/mol. The van der Waals surface area contributed by atoms with Gasteiger partial charge in [-0.25, -0.2) is 14.3 Å². The molecule has 2 amide bonds. The van der Waals surface area contributed by atoms with E-state index in [0.29, 0.717) is 10.7 Å². The predicted octanol–water partition coefficient (Wildman–Crippen LogP) is -0.956. The Bertz CT molecular complexity index is 1220. The number of tetrazole rings is 1. The molecule has 0 spiro atoms. The summed E-state index contributed by atoms with van der Waals surface area (Å²) in [6, 6.07) is 0. The number of nitrogens with one attached hydrogen (secondary N) is 1. The Kier molecular flexibility index (Phi) is 7.42. The van der Waals surface area contributed by atoms with Crippen LogP contribution in [0.25, 0.3) is 0 Å². The Morgan fingerprint density at radius 2 is 2.00 bits per heavy atom. The maximum absolute atomic E-state index is 13.3. The van der Waals surface area contributed by atoms with Gasteiger partial charge in [0.25, 0.3) is 5.91 Å². The number of methoxy groups -OCH3 is 1. The van der Waals surface area contributed by atoms with E-state index < -0.39 is 56.6 Å². The Labute approximate surface area is 219 Å². The number of ketones is 1. The lowest BCUT2D eigenvalue weighted by Crippen LogP contribution is -2.77. The summed E-state index contributed by atoms with van der Waals surface area (Å²) in [5, 5.41) is 32.5. The number of aromatic nitrogens is 4. The van der Waals surface area contributed by atoms with E-state index >= 15 is 0 Å². The third kappa shape index (κ3) is 4.40. The van der Waals surface area contributed by atoms with Gasteiger partial charge < -0.3 is 26.0 Å². The second-order valence-electron chi connectivity index (χ2n) is 7.60. The van der Waals surface area contributed by atoms with E-state index in [9.17, 15) is 29.1 Å². The van der Waals surface area contributed by atoms with Crippen LogP contribution in [-0.4, -0.2) is 94.1 Å². The number of thioether (sulfide) groups is 4. The number of amides is 2. The molecule has 3 aliphatic rings. The molecule has 2 aliphatic heterocycles. The highest BCUT2D eigenvalue weighted by Gasteiger charge is 2.68. The minimum Gasteiger partial charge on any atom is -0.478 e. The van der Waals surface area contributed by atoms with E-state index in [0.717, 1.165) is 23.5 Å². The molecule has 0 bridgehead atoms. The van der Waals surface area contributed by atoms with Crippen molar-refractivity contribution in [2.24, 2.45) is 18.7 Å². The zero-order chi connectivity index (χ0) is 26.4. The number of aryl methyl sites for hydroxylation is 1. The summed E-state index contributed by atoms with van der Waals surface area (Å²) in [4.78, 5) is 60.8. The van der Waals surface area contributed by atoms with Gasteiger partial charge in [-0.3, -0.25) is 14.4 Å². The molecular formula is C18H18N6O8S4. The number of carbonyl (C=O) groups is 5. The van der Waals surface area contributed by atoms with Crippen molar-refractivity contribution in [2.75, 3.05) is 18.6 Å². The molecule has 0 unspecified atom stereocenters. The molecule has 14 nitrogen and oxygen atoms in total. The molecule has 1 aliphatic carbocycles. The Morgan fingerprint density at radius 1 is 1.31 bits per heavy atom. The van der Waals surface area contributed by atoms with Crippen molar-refractivity contribution in [2.45, 2.75) is 20.7 Å². The number of carboxylic acids is 2. The minimum absolute atomic E-state index is 0.0292. The van der Waals surface area contributed by atoms with Gasteiger partial charge in [-0.15, -0.1) is 16.9 Å². The molecular weight excluding hydrogens is 557 g/mol. The summed E-state index contributed by atoms with van der Waals surface area (Å²) in [5.41, 5.74) is 3.26. The maximum atomic E-state index is 13.3. The van der Waals surface area contributed by atoms with Crippen LogP contribution in [0.15, 0.2) is 26.1 Å². The molecule has 3 atom stereocenters. The summed E-state index contributed by atoms with van der Waals surface area (Å²) < 4.78 is 6.13. The van der Waals surface area contributed by atoms with E-state index in [2.05, 4.69) is 20.8 Å². The van der Waals surface area contributed by atoms with Gasteiger partial charge in [-0.05, 0) is 16.0 Å². The SMILES string of the molecule is CO[C@]1(NC(=O)C2SC(=C(C(N)=O)C(=O)O)S2)C(=O)[C@@H]2C(C(=O)O)=C(CSc3nnnn3C)CS[C@H]21. The molecule has 0 radical (unpaired) electrons. The second kappa shape index (κ2) is 10.1. The largest absolute Gasteiger partial charge is 0.478 e. The van der Waals surface area contributed by atoms with Crippen molar-refractivity contribution in [3.05, 3.63) is 21.0 Å². The molecule has 18 heteroatoms.